The van der Waals surface area contributed by atoms with Crippen LogP contribution in [0.25, 0.3) is 0 Å². The zero-order valence-electron chi connectivity index (χ0n) is 9.77. The van der Waals surface area contributed by atoms with Gasteiger partial charge in [0.1, 0.15) is 6.54 Å². The van der Waals surface area contributed by atoms with Crippen molar-refractivity contribution in [1.29, 1.82) is 0 Å². The molecule has 0 saturated carbocycles. The van der Waals surface area contributed by atoms with E-state index in [1.54, 1.807) is 38.2 Å². The minimum absolute atomic E-state index is 0.0390. The highest BCUT2D eigenvalue weighted by molar-refractivity contribution is 9.10. The normalized spacial score (nSPS) is 9.82. The standard InChI is InChI=1S/C12H14BrNO3/c1-3-17-11(15)8-14(2)12(16)9-4-6-10(13)7-5-9/h4-7H,3,8H2,1-2H3. The van der Waals surface area contributed by atoms with Crippen molar-refractivity contribution in [2.24, 2.45) is 0 Å². The molecule has 0 heterocycles. The van der Waals surface area contributed by atoms with E-state index in [-0.39, 0.29) is 12.5 Å². The third-order valence-corrected chi connectivity index (χ3v) is 2.64. The van der Waals surface area contributed by atoms with Gasteiger partial charge in [0.2, 0.25) is 0 Å². The fourth-order valence-corrected chi connectivity index (χ4v) is 1.55. The topological polar surface area (TPSA) is 46.6 Å². The quantitative estimate of drug-likeness (QED) is 0.800. The molecule has 1 amide bonds. The lowest BCUT2D eigenvalue weighted by molar-refractivity contribution is -0.143. The molecule has 0 spiro atoms. The molecule has 0 radical (unpaired) electrons. The fourth-order valence-electron chi connectivity index (χ4n) is 1.28. The number of halogens is 1. The molecule has 0 atom stereocenters. The van der Waals surface area contributed by atoms with Crippen molar-refractivity contribution >= 4 is 27.8 Å². The predicted octanol–water partition coefficient (Wildman–Crippen LogP) is 2.08. The van der Waals surface area contributed by atoms with Crippen LogP contribution in [0.3, 0.4) is 0 Å². The van der Waals surface area contributed by atoms with Gasteiger partial charge in [0.15, 0.2) is 0 Å². The van der Waals surface area contributed by atoms with Gasteiger partial charge in [-0.25, -0.2) is 0 Å². The minimum Gasteiger partial charge on any atom is -0.465 e. The van der Waals surface area contributed by atoms with E-state index in [1.165, 1.54) is 4.90 Å². The maximum absolute atomic E-state index is 11.9. The summed E-state index contributed by atoms with van der Waals surface area (Å²) in [6.07, 6.45) is 0. The second-order valence-electron chi connectivity index (χ2n) is 3.47. The molecular weight excluding hydrogens is 286 g/mol. The van der Waals surface area contributed by atoms with Crippen LogP contribution in [0.15, 0.2) is 28.7 Å². The van der Waals surface area contributed by atoms with Gasteiger partial charge in [-0.3, -0.25) is 9.59 Å². The number of benzene rings is 1. The Labute approximate surface area is 109 Å². The Morgan fingerprint density at radius 1 is 1.29 bits per heavy atom. The smallest absolute Gasteiger partial charge is 0.325 e. The second-order valence-corrected chi connectivity index (χ2v) is 4.39. The molecule has 0 aliphatic rings. The number of hydrogen-bond acceptors (Lipinski definition) is 3. The van der Waals surface area contributed by atoms with Crippen LogP contribution < -0.4 is 0 Å². The molecule has 0 aromatic heterocycles. The van der Waals surface area contributed by atoms with Crippen molar-refractivity contribution in [3.8, 4) is 0 Å². The summed E-state index contributed by atoms with van der Waals surface area (Å²) in [5.74, 6) is -0.606. The molecule has 5 heteroatoms. The Kier molecular flexibility index (Phi) is 5.15. The van der Waals surface area contributed by atoms with Gasteiger partial charge in [0.25, 0.3) is 5.91 Å². The van der Waals surface area contributed by atoms with E-state index in [0.717, 1.165) is 4.47 Å². The zero-order chi connectivity index (χ0) is 12.8. The molecular formula is C12H14BrNO3. The number of amides is 1. The molecule has 92 valence electrons. The number of carbonyl (C=O) groups is 2. The summed E-state index contributed by atoms with van der Waals surface area (Å²) in [6.45, 7) is 2.01. The third-order valence-electron chi connectivity index (χ3n) is 2.11. The van der Waals surface area contributed by atoms with Crippen LogP contribution in [-0.4, -0.2) is 37.0 Å². The van der Waals surface area contributed by atoms with Crippen molar-refractivity contribution in [3.05, 3.63) is 34.3 Å². The summed E-state index contributed by atoms with van der Waals surface area (Å²) in [5.41, 5.74) is 0.542. The largest absolute Gasteiger partial charge is 0.465 e. The summed E-state index contributed by atoms with van der Waals surface area (Å²) < 4.78 is 5.68. The lowest BCUT2D eigenvalue weighted by Crippen LogP contribution is -2.33. The molecule has 1 aromatic rings. The Morgan fingerprint density at radius 2 is 1.88 bits per heavy atom. The first-order valence-electron chi connectivity index (χ1n) is 5.21. The number of likely N-dealkylation sites (N-methyl/N-ethyl adjacent to an activating group) is 1. The summed E-state index contributed by atoms with van der Waals surface area (Å²) >= 11 is 3.29. The van der Waals surface area contributed by atoms with E-state index in [2.05, 4.69) is 15.9 Å². The summed E-state index contributed by atoms with van der Waals surface area (Å²) in [5, 5.41) is 0. The maximum Gasteiger partial charge on any atom is 0.325 e. The van der Waals surface area contributed by atoms with Gasteiger partial charge in [0.05, 0.1) is 6.61 Å². The molecule has 1 aromatic carbocycles. The SMILES string of the molecule is CCOC(=O)CN(C)C(=O)c1ccc(Br)cc1. The van der Waals surface area contributed by atoms with Crippen molar-refractivity contribution in [2.75, 3.05) is 20.2 Å². The molecule has 0 N–H and O–H groups in total. The molecule has 0 bridgehead atoms. The van der Waals surface area contributed by atoms with E-state index >= 15 is 0 Å². The molecule has 17 heavy (non-hydrogen) atoms. The third kappa shape index (κ3) is 4.19. The summed E-state index contributed by atoms with van der Waals surface area (Å²) in [4.78, 5) is 24.5. The number of rotatable bonds is 4. The highest BCUT2D eigenvalue weighted by Gasteiger charge is 2.15. The van der Waals surface area contributed by atoms with Gasteiger partial charge in [0, 0.05) is 17.1 Å². The van der Waals surface area contributed by atoms with Crippen LogP contribution in [0.5, 0.6) is 0 Å². The van der Waals surface area contributed by atoms with Crippen molar-refractivity contribution in [3.63, 3.8) is 0 Å². The van der Waals surface area contributed by atoms with Gasteiger partial charge in [-0.2, -0.15) is 0 Å². The molecule has 0 saturated heterocycles. The first kappa shape index (κ1) is 13.7. The first-order valence-corrected chi connectivity index (χ1v) is 6.00. The maximum atomic E-state index is 11.9. The first-order chi connectivity index (χ1) is 8.04. The van der Waals surface area contributed by atoms with Crippen LogP contribution in [0.4, 0.5) is 0 Å². The van der Waals surface area contributed by atoms with E-state index < -0.39 is 5.97 Å². The summed E-state index contributed by atoms with van der Waals surface area (Å²) in [7, 11) is 1.57. The molecule has 1 rings (SSSR count). The Balaban J connectivity index is 2.63. The lowest BCUT2D eigenvalue weighted by atomic mass is 10.2. The molecule has 0 fully saturated rings. The van der Waals surface area contributed by atoms with Crippen molar-refractivity contribution in [2.45, 2.75) is 6.92 Å². The molecule has 0 aliphatic heterocycles. The highest BCUT2D eigenvalue weighted by atomic mass is 79.9. The van der Waals surface area contributed by atoms with Gasteiger partial charge in [-0.05, 0) is 31.2 Å². The van der Waals surface area contributed by atoms with Gasteiger partial charge >= 0.3 is 5.97 Å². The second kappa shape index (κ2) is 6.39. The average molecular weight is 300 g/mol. The number of nitrogens with zero attached hydrogens (tertiary/aromatic N) is 1. The minimum atomic E-state index is -0.402. The summed E-state index contributed by atoms with van der Waals surface area (Å²) in [6, 6.07) is 6.97. The molecule has 4 nitrogen and oxygen atoms in total. The van der Waals surface area contributed by atoms with Gasteiger partial charge < -0.3 is 9.64 Å². The predicted molar refractivity (Wildman–Crippen MR) is 67.7 cm³/mol. The van der Waals surface area contributed by atoms with Gasteiger partial charge in [-0.1, -0.05) is 15.9 Å². The number of carbonyl (C=O) groups excluding carboxylic acids is 2. The molecule has 0 unspecified atom stereocenters. The van der Waals surface area contributed by atoms with E-state index in [1.807, 2.05) is 0 Å². The zero-order valence-corrected chi connectivity index (χ0v) is 11.4. The molecule has 0 aliphatic carbocycles. The van der Waals surface area contributed by atoms with Crippen LogP contribution >= 0.6 is 15.9 Å². The van der Waals surface area contributed by atoms with E-state index in [4.69, 9.17) is 4.74 Å². The average Bonchev–Trinajstić information content (AvgIpc) is 2.29. The van der Waals surface area contributed by atoms with Crippen molar-refractivity contribution in [1.82, 2.24) is 4.90 Å². The van der Waals surface area contributed by atoms with Crippen LogP contribution in [-0.2, 0) is 9.53 Å². The lowest BCUT2D eigenvalue weighted by Gasteiger charge is -2.16. The Hall–Kier alpha value is -1.36. The van der Waals surface area contributed by atoms with Crippen LogP contribution in [0.1, 0.15) is 17.3 Å². The van der Waals surface area contributed by atoms with Gasteiger partial charge in [-0.15, -0.1) is 0 Å². The van der Waals surface area contributed by atoms with E-state index in [9.17, 15) is 9.59 Å². The number of esters is 1. The Morgan fingerprint density at radius 3 is 2.41 bits per heavy atom. The fraction of sp³-hybridized carbons (Fsp3) is 0.333. The number of ether oxygens (including phenoxy) is 1. The van der Waals surface area contributed by atoms with Crippen LogP contribution in [0.2, 0.25) is 0 Å². The highest BCUT2D eigenvalue weighted by Crippen LogP contribution is 2.11. The number of hydrogen-bond donors (Lipinski definition) is 0. The van der Waals surface area contributed by atoms with Crippen molar-refractivity contribution < 1.29 is 14.3 Å². The Bertz CT molecular complexity index is 403. The monoisotopic (exact) mass is 299 g/mol. The van der Waals surface area contributed by atoms with E-state index in [0.29, 0.717) is 12.2 Å². The van der Waals surface area contributed by atoms with Crippen LogP contribution in [0, 0.1) is 0 Å².